The number of nitrogens with zero attached hydrogens (tertiary/aromatic N) is 2. The monoisotopic (exact) mass is 503 g/mol. The van der Waals surface area contributed by atoms with Crippen molar-refractivity contribution in [1.82, 2.24) is 10.2 Å². The number of hydrogen-bond donors (Lipinski definition) is 1. The molecule has 35 heavy (non-hydrogen) atoms. The summed E-state index contributed by atoms with van der Waals surface area (Å²) >= 11 is 0. The number of benzene rings is 2. The third-order valence-electron chi connectivity index (χ3n) is 5.36. The molecule has 1 unspecified atom stereocenters. The molecule has 0 aliphatic carbocycles. The lowest BCUT2D eigenvalue weighted by atomic mass is 10.1. The van der Waals surface area contributed by atoms with E-state index >= 15 is 0 Å². The summed E-state index contributed by atoms with van der Waals surface area (Å²) in [5.74, 6) is -0.0844. The summed E-state index contributed by atoms with van der Waals surface area (Å²) < 4.78 is 31.6. The quantitative estimate of drug-likeness (QED) is 0.535. The number of anilines is 1. The van der Waals surface area contributed by atoms with Crippen LogP contribution in [0.4, 0.5) is 5.69 Å². The summed E-state index contributed by atoms with van der Waals surface area (Å²) in [6, 6.07) is 13.4. The van der Waals surface area contributed by atoms with Crippen LogP contribution in [-0.4, -0.2) is 56.6 Å². The Morgan fingerprint density at radius 3 is 2.20 bits per heavy atom. The standard InChI is InChI=1S/C26H37N3O5S/c1-8-23(25(31)27-26(3,4)5)28(17-20-12-14-22(34-6)15-13-20)24(30)18-29(35(7,32)33)21-11-9-10-19(2)16-21/h9-16,23H,8,17-18H2,1-7H3,(H,27,31). The van der Waals surface area contributed by atoms with Crippen LogP contribution in [0.1, 0.15) is 45.2 Å². The fraction of sp³-hybridized carbons (Fsp3) is 0.462. The van der Waals surface area contributed by atoms with Crippen LogP contribution in [0.5, 0.6) is 5.75 Å². The van der Waals surface area contributed by atoms with Crippen LogP contribution >= 0.6 is 0 Å². The molecule has 0 saturated heterocycles. The summed E-state index contributed by atoms with van der Waals surface area (Å²) in [6.45, 7) is 9.02. The molecule has 0 fully saturated rings. The molecule has 9 heteroatoms. The minimum atomic E-state index is -3.76. The maximum atomic E-state index is 13.7. The summed E-state index contributed by atoms with van der Waals surface area (Å²) in [5, 5.41) is 2.95. The van der Waals surface area contributed by atoms with Crippen molar-refractivity contribution >= 4 is 27.5 Å². The van der Waals surface area contributed by atoms with Crippen LogP contribution in [0.3, 0.4) is 0 Å². The van der Waals surface area contributed by atoms with Crippen molar-refractivity contribution in [1.29, 1.82) is 0 Å². The van der Waals surface area contributed by atoms with Gasteiger partial charge in [-0.3, -0.25) is 13.9 Å². The molecule has 0 aromatic heterocycles. The Morgan fingerprint density at radius 2 is 1.71 bits per heavy atom. The first-order valence-corrected chi connectivity index (χ1v) is 13.4. The van der Waals surface area contributed by atoms with E-state index in [2.05, 4.69) is 5.32 Å². The van der Waals surface area contributed by atoms with Gasteiger partial charge >= 0.3 is 0 Å². The molecule has 0 spiro atoms. The summed E-state index contributed by atoms with van der Waals surface area (Å²) in [5.41, 5.74) is 1.58. The molecule has 0 aliphatic rings. The van der Waals surface area contributed by atoms with E-state index in [0.717, 1.165) is 21.7 Å². The molecule has 0 radical (unpaired) electrons. The Morgan fingerprint density at radius 1 is 1.09 bits per heavy atom. The lowest BCUT2D eigenvalue weighted by molar-refractivity contribution is -0.141. The zero-order chi connectivity index (χ0) is 26.4. The largest absolute Gasteiger partial charge is 0.497 e. The summed E-state index contributed by atoms with van der Waals surface area (Å²) in [4.78, 5) is 28.3. The summed E-state index contributed by atoms with van der Waals surface area (Å²) in [7, 11) is -2.19. The topological polar surface area (TPSA) is 96.0 Å². The van der Waals surface area contributed by atoms with E-state index in [1.165, 1.54) is 4.90 Å². The number of hydrogen-bond acceptors (Lipinski definition) is 5. The van der Waals surface area contributed by atoms with Gasteiger partial charge in [-0.05, 0) is 69.5 Å². The van der Waals surface area contributed by atoms with Gasteiger partial charge in [0.2, 0.25) is 21.8 Å². The lowest BCUT2D eigenvalue weighted by Gasteiger charge is -2.34. The van der Waals surface area contributed by atoms with Crippen molar-refractivity contribution in [3.63, 3.8) is 0 Å². The predicted molar refractivity (Wildman–Crippen MR) is 139 cm³/mol. The smallest absolute Gasteiger partial charge is 0.244 e. The van der Waals surface area contributed by atoms with Gasteiger partial charge in [-0.1, -0.05) is 31.2 Å². The Bertz CT molecular complexity index is 1120. The van der Waals surface area contributed by atoms with Gasteiger partial charge in [-0.15, -0.1) is 0 Å². The third kappa shape index (κ3) is 8.28. The first-order chi connectivity index (χ1) is 16.2. The van der Waals surface area contributed by atoms with Gasteiger partial charge < -0.3 is 15.0 Å². The lowest BCUT2D eigenvalue weighted by Crippen LogP contribution is -2.55. The van der Waals surface area contributed by atoms with Gasteiger partial charge in [-0.25, -0.2) is 8.42 Å². The predicted octanol–water partition coefficient (Wildman–Crippen LogP) is 3.49. The molecular formula is C26H37N3O5S. The third-order valence-corrected chi connectivity index (χ3v) is 6.51. The number of methoxy groups -OCH3 is 1. The van der Waals surface area contributed by atoms with Crippen molar-refractivity contribution in [3.05, 3.63) is 59.7 Å². The molecule has 2 amide bonds. The number of carbonyl (C=O) groups is 2. The van der Waals surface area contributed by atoms with E-state index < -0.39 is 34.1 Å². The number of ether oxygens (including phenoxy) is 1. The van der Waals surface area contributed by atoms with Crippen LogP contribution in [0.15, 0.2) is 48.5 Å². The van der Waals surface area contributed by atoms with Crippen molar-refractivity contribution in [2.45, 2.75) is 59.2 Å². The van der Waals surface area contributed by atoms with E-state index in [9.17, 15) is 18.0 Å². The highest BCUT2D eigenvalue weighted by atomic mass is 32.2. The maximum Gasteiger partial charge on any atom is 0.244 e. The van der Waals surface area contributed by atoms with Gasteiger partial charge in [0.05, 0.1) is 19.1 Å². The molecule has 2 rings (SSSR count). The minimum absolute atomic E-state index is 0.143. The molecule has 0 bridgehead atoms. The fourth-order valence-corrected chi connectivity index (χ4v) is 4.54. The van der Waals surface area contributed by atoms with Gasteiger partial charge in [0, 0.05) is 12.1 Å². The van der Waals surface area contributed by atoms with Crippen molar-refractivity contribution in [2.75, 3.05) is 24.2 Å². The Hall–Kier alpha value is -3.07. The van der Waals surface area contributed by atoms with Crippen LogP contribution < -0.4 is 14.4 Å². The molecule has 192 valence electrons. The van der Waals surface area contributed by atoms with Gasteiger partial charge in [-0.2, -0.15) is 0 Å². The van der Waals surface area contributed by atoms with Crippen molar-refractivity contribution < 1.29 is 22.7 Å². The molecule has 1 atom stereocenters. The number of aryl methyl sites for hydroxylation is 1. The van der Waals surface area contributed by atoms with Crippen LogP contribution in [0, 0.1) is 6.92 Å². The van der Waals surface area contributed by atoms with Crippen molar-refractivity contribution in [2.24, 2.45) is 0 Å². The highest BCUT2D eigenvalue weighted by molar-refractivity contribution is 7.92. The Balaban J connectivity index is 2.45. The molecule has 2 aromatic carbocycles. The number of rotatable bonds is 10. The number of amides is 2. The Kier molecular flexibility index (Phi) is 9.31. The normalized spacial score (nSPS) is 12.5. The van der Waals surface area contributed by atoms with Crippen LogP contribution in [-0.2, 0) is 26.2 Å². The number of sulfonamides is 1. The summed E-state index contributed by atoms with van der Waals surface area (Å²) in [6.07, 6.45) is 1.44. The van der Waals surface area contributed by atoms with E-state index in [1.807, 2.05) is 52.8 Å². The van der Waals surface area contributed by atoms with Crippen LogP contribution in [0.25, 0.3) is 0 Å². The maximum absolute atomic E-state index is 13.7. The van der Waals surface area contributed by atoms with E-state index in [-0.39, 0.29) is 12.5 Å². The Labute approximate surface area is 209 Å². The van der Waals surface area contributed by atoms with Crippen LogP contribution in [0.2, 0.25) is 0 Å². The van der Waals surface area contributed by atoms with E-state index in [0.29, 0.717) is 17.9 Å². The number of nitrogens with one attached hydrogen (secondary N) is 1. The second kappa shape index (κ2) is 11.6. The average molecular weight is 504 g/mol. The average Bonchev–Trinajstić information content (AvgIpc) is 2.75. The first kappa shape index (κ1) is 28.2. The molecule has 2 aromatic rings. The van der Waals surface area contributed by atoms with Gasteiger partial charge in [0.25, 0.3) is 0 Å². The van der Waals surface area contributed by atoms with E-state index in [4.69, 9.17) is 4.74 Å². The second-order valence-corrected chi connectivity index (χ2v) is 11.5. The second-order valence-electron chi connectivity index (χ2n) is 9.64. The molecule has 0 saturated carbocycles. The first-order valence-electron chi connectivity index (χ1n) is 11.5. The molecule has 0 aliphatic heterocycles. The van der Waals surface area contributed by atoms with Gasteiger partial charge in [0.1, 0.15) is 18.3 Å². The SMILES string of the molecule is CCC(C(=O)NC(C)(C)C)N(Cc1ccc(OC)cc1)C(=O)CN(c1cccc(C)c1)S(C)(=O)=O. The zero-order valence-electron chi connectivity index (χ0n) is 21.7. The highest BCUT2D eigenvalue weighted by Crippen LogP contribution is 2.21. The fourth-order valence-electron chi connectivity index (χ4n) is 3.70. The molecule has 0 heterocycles. The highest BCUT2D eigenvalue weighted by Gasteiger charge is 2.33. The van der Waals surface area contributed by atoms with Gasteiger partial charge in [0.15, 0.2) is 0 Å². The minimum Gasteiger partial charge on any atom is -0.497 e. The molecule has 8 nitrogen and oxygen atoms in total. The van der Waals surface area contributed by atoms with E-state index in [1.54, 1.807) is 37.4 Å². The molecule has 1 N–H and O–H groups in total. The van der Waals surface area contributed by atoms with Crippen molar-refractivity contribution in [3.8, 4) is 5.75 Å². The number of carbonyl (C=O) groups excluding carboxylic acids is 2. The zero-order valence-corrected chi connectivity index (χ0v) is 22.5. The molecular weight excluding hydrogens is 466 g/mol.